The molecule has 0 aliphatic heterocycles. The van der Waals surface area contributed by atoms with Gasteiger partial charge in [0.25, 0.3) is 0 Å². The summed E-state index contributed by atoms with van der Waals surface area (Å²) in [6, 6.07) is 0. The fraction of sp³-hybridized carbons (Fsp3) is 0.333. The number of aliphatic hydroxyl groups excluding tert-OH is 1. The first kappa shape index (κ1) is 10.2. The van der Waals surface area contributed by atoms with Gasteiger partial charge in [0.05, 0.1) is 0 Å². The van der Waals surface area contributed by atoms with Crippen LogP contribution in [0, 0.1) is 6.92 Å². The number of nitrogens with zero attached hydrogens (tertiary/aromatic N) is 2. The van der Waals surface area contributed by atoms with Crippen molar-refractivity contribution in [2.75, 3.05) is 0 Å². The summed E-state index contributed by atoms with van der Waals surface area (Å²) in [5, 5.41) is 9.24. The van der Waals surface area contributed by atoms with Crippen LogP contribution in [0.2, 0.25) is 0 Å². The number of aryl methyl sites for hydroxylation is 1. The molecule has 0 amide bonds. The van der Waals surface area contributed by atoms with Crippen molar-refractivity contribution in [3.05, 3.63) is 23.8 Å². The van der Waals surface area contributed by atoms with Gasteiger partial charge in [-0.05, 0) is 6.92 Å². The molecule has 0 aliphatic rings. The summed E-state index contributed by atoms with van der Waals surface area (Å²) in [4.78, 5) is 7.63. The molecule has 0 radical (unpaired) electrons. The number of hydrogen-bond acceptors (Lipinski definition) is 4. The molecule has 13 heavy (non-hydrogen) atoms. The minimum atomic E-state index is -2.26. The second-order valence-electron chi connectivity index (χ2n) is 2.33. The summed E-state index contributed by atoms with van der Waals surface area (Å²) >= 11 is -2.26. The molecule has 0 bridgehead atoms. The highest BCUT2D eigenvalue weighted by molar-refractivity contribution is 7.77. The van der Waals surface area contributed by atoms with Gasteiger partial charge in [0, 0.05) is 18.0 Å². The van der Waals surface area contributed by atoms with Gasteiger partial charge in [0.2, 0.25) is 11.3 Å². The summed E-state index contributed by atoms with van der Waals surface area (Å²) in [6.07, 6.45) is 1.53. The smallest absolute Gasteiger partial charge is 0.234 e. The molecule has 2 atom stereocenters. The first-order chi connectivity index (χ1) is 6.09. The SMILES string of the molecule is Cc1ncc(C(O)NS(=O)O)cn1. The first-order valence-corrected chi connectivity index (χ1v) is 4.54. The predicted octanol–water partition coefficient (Wildman–Crippen LogP) is -0.498. The van der Waals surface area contributed by atoms with Gasteiger partial charge >= 0.3 is 0 Å². The van der Waals surface area contributed by atoms with Crippen LogP contribution in [0.1, 0.15) is 17.6 Å². The molecule has 72 valence electrons. The summed E-state index contributed by atoms with van der Waals surface area (Å²) in [7, 11) is 0. The molecular formula is C6H9N3O3S. The van der Waals surface area contributed by atoms with Crippen molar-refractivity contribution in [2.24, 2.45) is 0 Å². The van der Waals surface area contributed by atoms with Gasteiger partial charge in [-0.15, -0.1) is 0 Å². The highest BCUT2D eigenvalue weighted by atomic mass is 32.2. The summed E-state index contributed by atoms with van der Waals surface area (Å²) < 4.78 is 20.6. The van der Waals surface area contributed by atoms with Gasteiger partial charge in [-0.2, -0.15) is 4.72 Å². The number of hydrogen-bond donors (Lipinski definition) is 3. The molecule has 3 N–H and O–H groups in total. The summed E-state index contributed by atoms with van der Waals surface area (Å²) in [5.74, 6) is 0.570. The molecule has 1 aromatic heterocycles. The Hall–Kier alpha value is -0.890. The van der Waals surface area contributed by atoms with Crippen LogP contribution >= 0.6 is 0 Å². The zero-order valence-electron chi connectivity index (χ0n) is 6.84. The van der Waals surface area contributed by atoms with Crippen LogP contribution in [-0.4, -0.2) is 23.8 Å². The average Bonchev–Trinajstić information content (AvgIpc) is 2.04. The van der Waals surface area contributed by atoms with Crippen LogP contribution in [0.5, 0.6) is 0 Å². The summed E-state index contributed by atoms with van der Waals surface area (Å²) in [5.41, 5.74) is 0.341. The van der Waals surface area contributed by atoms with Gasteiger partial charge < -0.3 is 5.11 Å². The molecule has 0 aromatic carbocycles. The Bertz CT molecular complexity index is 302. The molecule has 0 spiro atoms. The molecule has 7 heteroatoms. The largest absolute Gasteiger partial charge is 0.373 e. The van der Waals surface area contributed by atoms with Crippen LogP contribution in [0.15, 0.2) is 12.4 Å². The standard InChI is InChI=1S/C6H9N3O3S/c1-4-7-2-5(3-8-4)6(10)9-13(11)12/h2-3,6,9-10H,1H3,(H,11,12). The minimum Gasteiger partial charge on any atom is -0.373 e. The van der Waals surface area contributed by atoms with E-state index in [0.29, 0.717) is 11.4 Å². The molecule has 1 heterocycles. The van der Waals surface area contributed by atoms with Gasteiger partial charge in [-0.3, -0.25) is 4.55 Å². The van der Waals surface area contributed by atoms with E-state index in [2.05, 4.69) is 9.97 Å². The minimum absolute atomic E-state index is 0.341. The maximum absolute atomic E-state index is 10.2. The molecule has 2 unspecified atom stereocenters. The molecule has 1 rings (SSSR count). The van der Waals surface area contributed by atoms with Crippen LogP contribution < -0.4 is 4.72 Å². The van der Waals surface area contributed by atoms with E-state index in [9.17, 15) is 9.32 Å². The van der Waals surface area contributed by atoms with Crippen molar-refractivity contribution in [3.63, 3.8) is 0 Å². The lowest BCUT2D eigenvalue weighted by atomic mass is 10.3. The maximum atomic E-state index is 10.2. The molecule has 0 saturated carbocycles. The number of rotatable bonds is 3. The molecular weight excluding hydrogens is 194 g/mol. The maximum Gasteiger partial charge on any atom is 0.234 e. The molecule has 0 fully saturated rings. The summed E-state index contributed by atoms with van der Waals surface area (Å²) in [6.45, 7) is 1.70. The van der Waals surface area contributed by atoms with Crippen LogP contribution in [0.25, 0.3) is 0 Å². The Morgan fingerprint density at radius 3 is 2.54 bits per heavy atom. The van der Waals surface area contributed by atoms with Gasteiger partial charge in [0.1, 0.15) is 12.1 Å². The molecule has 0 saturated heterocycles. The van der Waals surface area contributed by atoms with Crippen LogP contribution in [-0.2, 0) is 11.3 Å². The Kier molecular flexibility index (Phi) is 3.43. The molecule has 1 aromatic rings. The Labute approximate surface area is 77.5 Å². The van der Waals surface area contributed by atoms with Crippen molar-refractivity contribution in [1.82, 2.24) is 14.7 Å². The second kappa shape index (κ2) is 4.38. The van der Waals surface area contributed by atoms with Crippen molar-refractivity contribution in [1.29, 1.82) is 0 Å². The van der Waals surface area contributed by atoms with Gasteiger partial charge in [-0.1, -0.05) is 0 Å². The fourth-order valence-corrected chi connectivity index (χ4v) is 1.03. The van der Waals surface area contributed by atoms with E-state index in [1.807, 2.05) is 4.72 Å². The van der Waals surface area contributed by atoms with E-state index in [0.717, 1.165) is 0 Å². The average molecular weight is 203 g/mol. The number of aliphatic hydroxyl groups is 1. The van der Waals surface area contributed by atoms with Crippen molar-refractivity contribution < 1.29 is 13.9 Å². The third-order valence-corrected chi connectivity index (χ3v) is 1.75. The van der Waals surface area contributed by atoms with E-state index < -0.39 is 17.5 Å². The van der Waals surface area contributed by atoms with Crippen LogP contribution in [0.4, 0.5) is 0 Å². The highest BCUT2D eigenvalue weighted by Gasteiger charge is 2.09. The second-order valence-corrected chi connectivity index (χ2v) is 3.07. The third-order valence-electron chi connectivity index (χ3n) is 1.33. The number of aromatic nitrogens is 2. The van der Waals surface area contributed by atoms with E-state index in [4.69, 9.17) is 4.55 Å². The lowest BCUT2D eigenvalue weighted by Crippen LogP contribution is -2.22. The van der Waals surface area contributed by atoms with E-state index in [1.165, 1.54) is 12.4 Å². The first-order valence-electron chi connectivity index (χ1n) is 3.43. The van der Waals surface area contributed by atoms with E-state index in [-0.39, 0.29) is 0 Å². The predicted molar refractivity (Wildman–Crippen MR) is 45.6 cm³/mol. The van der Waals surface area contributed by atoms with Gasteiger partial charge in [0.15, 0.2) is 0 Å². The third kappa shape index (κ3) is 3.15. The van der Waals surface area contributed by atoms with Crippen LogP contribution in [0.3, 0.4) is 0 Å². The van der Waals surface area contributed by atoms with Gasteiger partial charge in [-0.25, -0.2) is 14.2 Å². The zero-order valence-corrected chi connectivity index (χ0v) is 7.65. The Balaban J connectivity index is 2.71. The lowest BCUT2D eigenvalue weighted by Gasteiger charge is -2.08. The Morgan fingerprint density at radius 2 is 2.08 bits per heavy atom. The van der Waals surface area contributed by atoms with Crippen molar-refractivity contribution >= 4 is 11.3 Å². The zero-order chi connectivity index (χ0) is 9.84. The lowest BCUT2D eigenvalue weighted by molar-refractivity contribution is 0.165. The fourth-order valence-electron chi connectivity index (χ4n) is 0.707. The van der Waals surface area contributed by atoms with Crippen molar-refractivity contribution in [2.45, 2.75) is 13.2 Å². The number of nitrogens with one attached hydrogen (secondary N) is 1. The normalized spacial score (nSPS) is 15.3. The topological polar surface area (TPSA) is 95.3 Å². The Morgan fingerprint density at radius 1 is 1.54 bits per heavy atom. The monoisotopic (exact) mass is 203 g/mol. The van der Waals surface area contributed by atoms with Crippen molar-refractivity contribution in [3.8, 4) is 0 Å². The quantitative estimate of drug-likeness (QED) is 0.455. The molecule has 6 nitrogen and oxygen atoms in total. The highest BCUT2D eigenvalue weighted by Crippen LogP contribution is 2.06. The molecule has 0 aliphatic carbocycles. The van der Waals surface area contributed by atoms with E-state index in [1.54, 1.807) is 6.92 Å². The van der Waals surface area contributed by atoms with E-state index >= 15 is 0 Å².